The molecule has 1 aliphatic rings. The van der Waals surface area contributed by atoms with Gasteiger partial charge in [-0.1, -0.05) is 13.3 Å². The van der Waals surface area contributed by atoms with Crippen LogP contribution < -0.4 is 0 Å². The van der Waals surface area contributed by atoms with Gasteiger partial charge >= 0.3 is 5.97 Å². The van der Waals surface area contributed by atoms with Crippen LogP contribution >= 0.6 is 0 Å². The molecule has 0 radical (unpaired) electrons. The minimum Gasteiger partial charge on any atom is -0.465 e. The third-order valence-electron chi connectivity index (χ3n) is 3.32. The molecule has 5 heteroatoms. The van der Waals surface area contributed by atoms with E-state index in [1.54, 1.807) is 4.90 Å². The van der Waals surface area contributed by atoms with Gasteiger partial charge in [-0.25, -0.2) is 0 Å². The van der Waals surface area contributed by atoms with Gasteiger partial charge in [-0.2, -0.15) is 0 Å². The number of carbonyl (C=O) groups is 2. The monoisotopic (exact) mass is 270 g/mol. The van der Waals surface area contributed by atoms with Gasteiger partial charge in [0.15, 0.2) is 0 Å². The normalized spacial score (nSPS) is 19.3. The van der Waals surface area contributed by atoms with Gasteiger partial charge in [-0.05, 0) is 33.5 Å². The number of carbonyl (C=O) groups excluding carboxylic acids is 2. The van der Waals surface area contributed by atoms with Gasteiger partial charge in [0.1, 0.15) is 0 Å². The van der Waals surface area contributed by atoms with Crippen molar-refractivity contribution in [1.82, 2.24) is 9.80 Å². The van der Waals surface area contributed by atoms with Crippen LogP contribution in [-0.2, 0) is 14.3 Å². The molecule has 19 heavy (non-hydrogen) atoms. The van der Waals surface area contributed by atoms with E-state index in [4.69, 9.17) is 4.74 Å². The molecular formula is C14H26N2O3. The van der Waals surface area contributed by atoms with Gasteiger partial charge in [-0.3, -0.25) is 9.59 Å². The molecule has 110 valence electrons. The quantitative estimate of drug-likeness (QED) is 0.490. The Kier molecular flexibility index (Phi) is 6.84. The van der Waals surface area contributed by atoms with E-state index in [1.165, 1.54) is 0 Å². The summed E-state index contributed by atoms with van der Waals surface area (Å²) in [6.45, 7) is 4.74. The summed E-state index contributed by atoms with van der Waals surface area (Å²) in [4.78, 5) is 27.5. The van der Waals surface area contributed by atoms with Crippen molar-refractivity contribution in [2.24, 2.45) is 5.92 Å². The topological polar surface area (TPSA) is 49.9 Å². The molecule has 0 aromatic carbocycles. The zero-order valence-corrected chi connectivity index (χ0v) is 12.4. The Hall–Kier alpha value is -1.10. The number of ether oxygens (including phenoxy) is 1. The Labute approximate surface area is 115 Å². The third-order valence-corrected chi connectivity index (χ3v) is 3.32. The number of likely N-dealkylation sites (tertiary alicyclic amines) is 1. The fraction of sp³-hybridized carbons (Fsp3) is 0.857. The van der Waals surface area contributed by atoms with Gasteiger partial charge in [0, 0.05) is 19.5 Å². The van der Waals surface area contributed by atoms with Crippen LogP contribution in [0.4, 0.5) is 0 Å². The molecule has 0 saturated carbocycles. The van der Waals surface area contributed by atoms with Crippen molar-refractivity contribution in [3.8, 4) is 0 Å². The number of nitrogens with zero attached hydrogens (tertiary/aromatic N) is 2. The molecule has 1 saturated heterocycles. The zero-order valence-electron chi connectivity index (χ0n) is 12.4. The van der Waals surface area contributed by atoms with Crippen molar-refractivity contribution in [1.29, 1.82) is 0 Å². The Bertz CT molecular complexity index is 305. The van der Waals surface area contributed by atoms with Gasteiger partial charge in [0.25, 0.3) is 0 Å². The average Bonchev–Trinajstić information content (AvgIpc) is 2.71. The van der Waals surface area contributed by atoms with E-state index in [-0.39, 0.29) is 17.8 Å². The molecule has 1 amide bonds. The van der Waals surface area contributed by atoms with Crippen LogP contribution in [0, 0.1) is 5.92 Å². The smallest absolute Gasteiger partial charge is 0.311 e. The van der Waals surface area contributed by atoms with E-state index >= 15 is 0 Å². The summed E-state index contributed by atoms with van der Waals surface area (Å²) in [6.07, 6.45) is 3.15. The predicted molar refractivity (Wildman–Crippen MR) is 73.7 cm³/mol. The molecule has 1 fully saturated rings. The SMILES string of the molecule is CCCCOC(=O)C1CC(=O)N(CCCN(C)C)C1. The zero-order chi connectivity index (χ0) is 14.3. The highest BCUT2D eigenvalue weighted by Gasteiger charge is 2.34. The fourth-order valence-corrected chi connectivity index (χ4v) is 2.16. The van der Waals surface area contributed by atoms with E-state index in [0.717, 1.165) is 32.4 Å². The first-order valence-electron chi connectivity index (χ1n) is 7.13. The molecule has 1 unspecified atom stereocenters. The Morgan fingerprint density at radius 3 is 2.79 bits per heavy atom. The first-order chi connectivity index (χ1) is 9.04. The number of hydrogen-bond acceptors (Lipinski definition) is 4. The van der Waals surface area contributed by atoms with Crippen LogP contribution in [0.3, 0.4) is 0 Å². The van der Waals surface area contributed by atoms with Gasteiger partial charge in [0.2, 0.25) is 5.91 Å². The summed E-state index contributed by atoms with van der Waals surface area (Å²) >= 11 is 0. The average molecular weight is 270 g/mol. The lowest BCUT2D eigenvalue weighted by Crippen LogP contribution is -2.29. The first kappa shape index (κ1) is 16.0. The summed E-state index contributed by atoms with van der Waals surface area (Å²) in [7, 11) is 4.03. The first-order valence-corrected chi connectivity index (χ1v) is 7.13. The van der Waals surface area contributed by atoms with E-state index in [9.17, 15) is 9.59 Å². The highest BCUT2D eigenvalue weighted by atomic mass is 16.5. The van der Waals surface area contributed by atoms with Crippen LogP contribution in [0.5, 0.6) is 0 Å². The second-order valence-electron chi connectivity index (χ2n) is 5.42. The highest BCUT2D eigenvalue weighted by molar-refractivity contribution is 5.86. The summed E-state index contributed by atoms with van der Waals surface area (Å²) in [5.41, 5.74) is 0. The Balaban J connectivity index is 2.29. The van der Waals surface area contributed by atoms with Crippen molar-refractivity contribution < 1.29 is 14.3 Å². The van der Waals surface area contributed by atoms with Crippen molar-refractivity contribution >= 4 is 11.9 Å². The molecule has 1 heterocycles. The molecule has 0 aromatic rings. The van der Waals surface area contributed by atoms with E-state index < -0.39 is 0 Å². The van der Waals surface area contributed by atoms with Crippen molar-refractivity contribution in [2.45, 2.75) is 32.6 Å². The molecule has 0 bridgehead atoms. The second-order valence-corrected chi connectivity index (χ2v) is 5.42. The summed E-state index contributed by atoms with van der Waals surface area (Å²) in [5.74, 6) is -0.392. The summed E-state index contributed by atoms with van der Waals surface area (Å²) in [5, 5.41) is 0. The molecule has 0 aliphatic carbocycles. The lowest BCUT2D eigenvalue weighted by atomic mass is 10.1. The molecule has 1 atom stereocenters. The number of hydrogen-bond donors (Lipinski definition) is 0. The molecular weight excluding hydrogens is 244 g/mol. The van der Waals surface area contributed by atoms with Crippen LogP contribution in [0.15, 0.2) is 0 Å². The van der Waals surface area contributed by atoms with E-state index in [0.29, 0.717) is 19.6 Å². The molecule has 0 aromatic heterocycles. The number of unbranched alkanes of at least 4 members (excludes halogenated alkanes) is 1. The lowest BCUT2D eigenvalue weighted by molar-refractivity contribution is -0.148. The predicted octanol–water partition coefficient (Wildman–Crippen LogP) is 1.13. The summed E-state index contributed by atoms with van der Waals surface area (Å²) < 4.78 is 5.18. The second kappa shape index (κ2) is 8.15. The Morgan fingerprint density at radius 2 is 2.16 bits per heavy atom. The lowest BCUT2D eigenvalue weighted by Gasteiger charge is -2.17. The number of amides is 1. The van der Waals surface area contributed by atoms with Crippen molar-refractivity contribution in [2.75, 3.05) is 40.3 Å². The van der Waals surface area contributed by atoms with E-state index in [1.807, 2.05) is 14.1 Å². The van der Waals surface area contributed by atoms with Crippen LogP contribution in [-0.4, -0.2) is 62.0 Å². The van der Waals surface area contributed by atoms with Crippen LogP contribution in [0.25, 0.3) is 0 Å². The molecule has 1 aliphatic heterocycles. The molecule has 5 nitrogen and oxygen atoms in total. The van der Waals surface area contributed by atoms with Crippen LogP contribution in [0.1, 0.15) is 32.6 Å². The maximum absolute atomic E-state index is 11.8. The molecule has 1 rings (SSSR count). The minimum atomic E-state index is -0.260. The largest absolute Gasteiger partial charge is 0.465 e. The summed E-state index contributed by atoms with van der Waals surface area (Å²) in [6, 6.07) is 0. The number of esters is 1. The van der Waals surface area contributed by atoms with Crippen molar-refractivity contribution in [3.63, 3.8) is 0 Å². The molecule has 0 spiro atoms. The Morgan fingerprint density at radius 1 is 1.42 bits per heavy atom. The third kappa shape index (κ3) is 5.59. The van der Waals surface area contributed by atoms with Crippen LogP contribution in [0.2, 0.25) is 0 Å². The van der Waals surface area contributed by atoms with Crippen molar-refractivity contribution in [3.05, 3.63) is 0 Å². The standard InChI is InChI=1S/C14H26N2O3/c1-4-5-9-19-14(18)12-10-13(17)16(11-12)8-6-7-15(2)3/h12H,4-11H2,1-3H3. The van der Waals surface area contributed by atoms with E-state index in [2.05, 4.69) is 11.8 Å². The van der Waals surface area contributed by atoms with Gasteiger partial charge < -0.3 is 14.5 Å². The maximum Gasteiger partial charge on any atom is 0.311 e. The van der Waals surface area contributed by atoms with Gasteiger partial charge in [-0.15, -0.1) is 0 Å². The van der Waals surface area contributed by atoms with Gasteiger partial charge in [0.05, 0.1) is 12.5 Å². The fourth-order valence-electron chi connectivity index (χ4n) is 2.16. The number of rotatable bonds is 8. The maximum atomic E-state index is 11.8. The highest BCUT2D eigenvalue weighted by Crippen LogP contribution is 2.19. The minimum absolute atomic E-state index is 0.0798. The molecule has 0 N–H and O–H groups in total.